The predicted molar refractivity (Wildman–Crippen MR) is 104 cm³/mol. The van der Waals surface area contributed by atoms with Gasteiger partial charge in [-0.05, 0) is 30.3 Å². The Morgan fingerprint density at radius 1 is 1.07 bits per heavy atom. The number of nitrogens with one attached hydrogen (secondary N) is 1. The zero-order valence-corrected chi connectivity index (χ0v) is 16.3. The van der Waals surface area contributed by atoms with Crippen molar-refractivity contribution in [2.75, 3.05) is 31.6 Å². The predicted octanol–water partition coefficient (Wildman–Crippen LogP) is 1.71. The molecule has 0 spiro atoms. The number of morpholine rings is 1. The average Bonchev–Trinajstić information content (AvgIpc) is 2.69. The fraction of sp³-hybridized carbons (Fsp3) is 0.222. The number of primary amides is 1. The van der Waals surface area contributed by atoms with Crippen LogP contribution >= 0.6 is 11.6 Å². The van der Waals surface area contributed by atoms with Gasteiger partial charge in [0, 0.05) is 13.1 Å². The van der Waals surface area contributed by atoms with Gasteiger partial charge in [-0.3, -0.25) is 9.59 Å². The minimum absolute atomic E-state index is 0.0322. The lowest BCUT2D eigenvalue weighted by Crippen LogP contribution is -2.40. The first-order valence-electron chi connectivity index (χ1n) is 8.38. The second-order valence-electron chi connectivity index (χ2n) is 6.02. The van der Waals surface area contributed by atoms with Gasteiger partial charge in [-0.15, -0.1) is 0 Å². The fourth-order valence-corrected chi connectivity index (χ4v) is 4.41. The molecule has 1 fully saturated rings. The lowest BCUT2D eigenvalue weighted by atomic mass is 10.1. The topological polar surface area (TPSA) is 119 Å². The number of sulfonamides is 1. The number of halogens is 1. The maximum Gasteiger partial charge on any atom is 0.257 e. The van der Waals surface area contributed by atoms with Crippen LogP contribution in [0.4, 0.5) is 5.69 Å². The molecule has 10 heteroatoms. The number of anilines is 1. The summed E-state index contributed by atoms with van der Waals surface area (Å²) >= 11 is 6.11. The largest absolute Gasteiger partial charge is 0.379 e. The normalized spacial score (nSPS) is 15.2. The number of nitrogens with zero attached hydrogens (tertiary/aromatic N) is 1. The number of ether oxygens (including phenoxy) is 1. The van der Waals surface area contributed by atoms with Crippen molar-refractivity contribution in [3.05, 3.63) is 58.6 Å². The highest BCUT2D eigenvalue weighted by molar-refractivity contribution is 7.89. The molecule has 8 nitrogen and oxygen atoms in total. The van der Waals surface area contributed by atoms with Gasteiger partial charge >= 0.3 is 0 Å². The van der Waals surface area contributed by atoms with Gasteiger partial charge in [-0.1, -0.05) is 23.7 Å². The molecule has 0 atom stereocenters. The molecule has 2 amide bonds. The Bertz CT molecular complexity index is 1020. The van der Waals surface area contributed by atoms with Crippen LogP contribution in [0.5, 0.6) is 0 Å². The van der Waals surface area contributed by atoms with E-state index < -0.39 is 21.8 Å². The van der Waals surface area contributed by atoms with Gasteiger partial charge < -0.3 is 15.8 Å². The molecule has 0 bridgehead atoms. The van der Waals surface area contributed by atoms with Gasteiger partial charge in [0.2, 0.25) is 10.0 Å². The summed E-state index contributed by atoms with van der Waals surface area (Å²) in [6.45, 7) is 1.09. The highest BCUT2D eigenvalue weighted by Gasteiger charge is 2.27. The van der Waals surface area contributed by atoms with E-state index in [0.29, 0.717) is 13.2 Å². The van der Waals surface area contributed by atoms with Gasteiger partial charge in [0.15, 0.2) is 0 Å². The average molecular weight is 424 g/mol. The Kier molecular flexibility index (Phi) is 5.99. The van der Waals surface area contributed by atoms with E-state index in [0.717, 1.165) is 0 Å². The van der Waals surface area contributed by atoms with Crippen LogP contribution in [0.3, 0.4) is 0 Å². The number of benzene rings is 2. The summed E-state index contributed by atoms with van der Waals surface area (Å²) in [6, 6.07) is 10.1. The smallest absolute Gasteiger partial charge is 0.257 e. The van der Waals surface area contributed by atoms with Crippen molar-refractivity contribution in [3.8, 4) is 0 Å². The van der Waals surface area contributed by atoms with Crippen LogP contribution in [0.15, 0.2) is 47.4 Å². The lowest BCUT2D eigenvalue weighted by Gasteiger charge is -2.26. The number of hydrogen-bond donors (Lipinski definition) is 2. The molecule has 0 aromatic heterocycles. The molecule has 0 aliphatic carbocycles. The summed E-state index contributed by atoms with van der Waals surface area (Å²) in [5.74, 6) is -1.36. The van der Waals surface area contributed by atoms with Gasteiger partial charge in [0.05, 0.1) is 39.9 Å². The van der Waals surface area contributed by atoms with Crippen LogP contribution in [0, 0.1) is 0 Å². The number of rotatable bonds is 5. The second-order valence-corrected chi connectivity index (χ2v) is 8.37. The van der Waals surface area contributed by atoms with Crippen molar-refractivity contribution in [2.45, 2.75) is 4.90 Å². The van der Waals surface area contributed by atoms with Gasteiger partial charge in [-0.25, -0.2) is 8.42 Å². The van der Waals surface area contributed by atoms with Gasteiger partial charge in [-0.2, -0.15) is 4.31 Å². The first-order valence-corrected chi connectivity index (χ1v) is 10.2. The van der Waals surface area contributed by atoms with Crippen LogP contribution in [0.25, 0.3) is 0 Å². The molecule has 1 heterocycles. The van der Waals surface area contributed by atoms with Crippen LogP contribution in [-0.4, -0.2) is 50.8 Å². The second kappa shape index (κ2) is 8.27. The molecule has 0 radical (unpaired) electrons. The van der Waals surface area contributed by atoms with Crippen LogP contribution in [-0.2, 0) is 14.8 Å². The molecule has 3 N–H and O–H groups in total. The number of hydrogen-bond acceptors (Lipinski definition) is 5. The van der Waals surface area contributed by atoms with E-state index in [1.807, 2.05) is 0 Å². The molecule has 148 valence electrons. The first-order chi connectivity index (χ1) is 13.3. The Balaban J connectivity index is 1.91. The molecule has 0 saturated carbocycles. The number of carbonyl (C=O) groups excluding carboxylic acids is 2. The van der Waals surface area contributed by atoms with Crippen LogP contribution in [0.2, 0.25) is 5.02 Å². The van der Waals surface area contributed by atoms with Crippen LogP contribution in [0.1, 0.15) is 20.7 Å². The monoisotopic (exact) mass is 423 g/mol. The molecule has 28 heavy (non-hydrogen) atoms. The summed E-state index contributed by atoms with van der Waals surface area (Å²) in [6.07, 6.45) is 0. The number of amides is 2. The zero-order valence-electron chi connectivity index (χ0n) is 14.7. The highest BCUT2D eigenvalue weighted by Crippen LogP contribution is 2.25. The third kappa shape index (κ3) is 4.17. The SMILES string of the molecule is NC(=O)c1ccccc1NC(=O)c1cc(S(=O)(=O)N2CCOCC2)ccc1Cl. The molecule has 2 aromatic carbocycles. The van der Waals surface area contributed by atoms with E-state index in [1.165, 1.54) is 34.6 Å². The Hall–Kier alpha value is -2.46. The van der Waals surface area contributed by atoms with Gasteiger partial charge in [0.1, 0.15) is 0 Å². The van der Waals surface area contributed by atoms with Crippen molar-refractivity contribution in [3.63, 3.8) is 0 Å². The summed E-state index contributed by atoms with van der Waals surface area (Å²) < 4.78 is 32.1. The molecule has 1 aliphatic heterocycles. The summed E-state index contributed by atoms with van der Waals surface area (Å²) in [5.41, 5.74) is 5.61. The molecule has 1 saturated heterocycles. The van der Waals surface area contributed by atoms with E-state index in [-0.39, 0.29) is 39.8 Å². The Labute approximate surface area is 167 Å². The van der Waals surface area contributed by atoms with Crippen molar-refractivity contribution < 1.29 is 22.7 Å². The Morgan fingerprint density at radius 2 is 1.75 bits per heavy atom. The summed E-state index contributed by atoms with van der Waals surface area (Å²) in [7, 11) is -3.79. The minimum Gasteiger partial charge on any atom is -0.379 e. The van der Waals surface area contributed by atoms with E-state index >= 15 is 0 Å². The maximum atomic E-state index is 12.8. The van der Waals surface area contributed by atoms with E-state index in [4.69, 9.17) is 22.1 Å². The molecule has 2 aromatic rings. The van der Waals surface area contributed by atoms with Crippen molar-refractivity contribution >= 4 is 39.1 Å². The molecule has 3 rings (SSSR count). The van der Waals surface area contributed by atoms with Crippen molar-refractivity contribution in [2.24, 2.45) is 5.73 Å². The third-order valence-corrected chi connectivity index (χ3v) is 6.46. The van der Waals surface area contributed by atoms with Gasteiger partial charge in [0.25, 0.3) is 11.8 Å². The van der Waals surface area contributed by atoms with Crippen molar-refractivity contribution in [1.29, 1.82) is 0 Å². The minimum atomic E-state index is -3.79. The lowest BCUT2D eigenvalue weighted by molar-refractivity contribution is 0.0730. The van der Waals surface area contributed by atoms with E-state index in [1.54, 1.807) is 12.1 Å². The number of carbonyl (C=O) groups is 2. The van der Waals surface area contributed by atoms with Crippen molar-refractivity contribution in [1.82, 2.24) is 4.31 Å². The third-order valence-electron chi connectivity index (χ3n) is 4.23. The standard InChI is InChI=1S/C18H18ClN3O5S/c19-15-6-5-12(28(25,26)22-7-9-27-10-8-22)11-14(15)18(24)21-16-4-2-1-3-13(16)17(20)23/h1-6,11H,7-10H2,(H2,20,23)(H,21,24). The first kappa shape index (κ1) is 20.3. The highest BCUT2D eigenvalue weighted by atomic mass is 35.5. The number of nitrogens with two attached hydrogens (primary N) is 1. The maximum absolute atomic E-state index is 12.8. The summed E-state index contributed by atoms with van der Waals surface area (Å²) in [4.78, 5) is 24.2. The fourth-order valence-electron chi connectivity index (χ4n) is 2.77. The summed E-state index contributed by atoms with van der Waals surface area (Å²) in [5, 5.41) is 2.63. The quantitative estimate of drug-likeness (QED) is 0.758. The van der Waals surface area contributed by atoms with E-state index in [9.17, 15) is 18.0 Å². The molecule has 1 aliphatic rings. The zero-order chi connectivity index (χ0) is 20.3. The number of para-hydroxylation sites is 1. The van der Waals surface area contributed by atoms with E-state index in [2.05, 4.69) is 5.32 Å². The Morgan fingerprint density at radius 3 is 2.43 bits per heavy atom. The molecular formula is C18H18ClN3O5S. The molecule has 0 unspecified atom stereocenters. The van der Waals surface area contributed by atoms with Crippen LogP contribution < -0.4 is 11.1 Å². The molecular weight excluding hydrogens is 406 g/mol.